The smallest absolute Gasteiger partial charge is 0.421 e. The van der Waals surface area contributed by atoms with E-state index in [1.165, 1.54) is 0 Å². The van der Waals surface area contributed by atoms with Gasteiger partial charge in [0.1, 0.15) is 0 Å². The van der Waals surface area contributed by atoms with Crippen LogP contribution in [0.3, 0.4) is 0 Å². The third-order valence-electron chi connectivity index (χ3n) is 5.45. The molecule has 1 heterocycles. The summed E-state index contributed by atoms with van der Waals surface area (Å²) in [4.78, 5) is 0. The highest BCUT2D eigenvalue weighted by atomic mass is 28.5. The summed E-state index contributed by atoms with van der Waals surface area (Å²) in [6.45, 7) is 19.5. The van der Waals surface area contributed by atoms with Crippen molar-refractivity contribution in [3.63, 3.8) is 0 Å². The first-order chi connectivity index (χ1) is 14.5. The van der Waals surface area contributed by atoms with Gasteiger partial charge in [0.25, 0.3) is 0 Å². The zero-order valence-corrected chi connectivity index (χ0v) is 29.3. The van der Waals surface area contributed by atoms with Gasteiger partial charge in [-0.2, -0.15) is 0 Å². The summed E-state index contributed by atoms with van der Waals surface area (Å²) >= 11 is 0. The predicted molar refractivity (Wildman–Crippen MR) is 144 cm³/mol. The molecule has 15 heteroatoms. The van der Waals surface area contributed by atoms with Crippen LogP contribution in [0.2, 0.25) is 83.1 Å². The molecule has 0 spiro atoms. The molecule has 0 unspecified atom stereocenters. The minimum absolute atomic E-state index is 0.637. The Morgan fingerprint density at radius 2 is 1.06 bits per heavy atom. The number of hydrogen-bond acceptors (Lipinski definition) is 8. The molecular weight excluding hydrogens is 529 g/mol. The van der Waals surface area contributed by atoms with E-state index in [9.17, 15) is 0 Å². The van der Waals surface area contributed by atoms with Crippen molar-refractivity contribution >= 4 is 60.9 Å². The Morgan fingerprint density at radius 3 is 1.41 bits per heavy atom. The molecule has 0 atom stereocenters. The van der Waals surface area contributed by atoms with E-state index in [1.807, 2.05) is 0 Å². The van der Waals surface area contributed by atoms with Crippen LogP contribution in [0, 0.1) is 0 Å². The standard InChI is InChI=1S/C17H46O8Si7/c1-18-32(19-2,20-3)16-15-31(12)24-28(7,8)22-30(11,23-29(9,10)25-31)14-13-27(5,6)21-17-26-4/h13-17H2,1-12H3. The molecule has 0 aliphatic carbocycles. The lowest BCUT2D eigenvalue weighted by Gasteiger charge is -2.49. The Kier molecular flexibility index (Phi) is 11.7. The summed E-state index contributed by atoms with van der Waals surface area (Å²) in [5.41, 5.74) is 0. The summed E-state index contributed by atoms with van der Waals surface area (Å²) in [6.07, 6.45) is 0.852. The fraction of sp³-hybridized carbons (Fsp3) is 1.00. The molecule has 1 saturated heterocycles. The predicted octanol–water partition coefficient (Wildman–Crippen LogP) is 4.42. The van der Waals surface area contributed by atoms with Gasteiger partial charge in [-0.05, 0) is 70.5 Å². The van der Waals surface area contributed by atoms with Gasteiger partial charge in [-0.25, -0.2) is 0 Å². The van der Waals surface area contributed by atoms with Gasteiger partial charge in [-0.15, -0.1) is 0 Å². The van der Waals surface area contributed by atoms with Crippen molar-refractivity contribution in [2.45, 2.75) is 83.1 Å². The third kappa shape index (κ3) is 10.1. The van der Waals surface area contributed by atoms with E-state index >= 15 is 0 Å². The van der Waals surface area contributed by atoms with Crippen LogP contribution in [0.4, 0.5) is 0 Å². The van der Waals surface area contributed by atoms with E-state index in [2.05, 4.69) is 58.9 Å². The first-order valence-corrected chi connectivity index (χ1v) is 28.7. The van der Waals surface area contributed by atoms with Gasteiger partial charge in [-0.3, -0.25) is 0 Å². The van der Waals surface area contributed by atoms with E-state index in [-0.39, 0.29) is 0 Å². The normalized spacial score (nSPS) is 28.9. The largest absolute Gasteiger partial charge is 0.500 e. The maximum Gasteiger partial charge on any atom is 0.500 e. The van der Waals surface area contributed by atoms with Crippen molar-refractivity contribution in [1.29, 1.82) is 0 Å². The van der Waals surface area contributed by atoms with Crippen molar-refractivity contribution in [2.24, 2.45) is 0 Å². The summed E-state index contributed by atoms with van der Waals surface area (Å²) in [5, 5.41) is 0. The van der Waals surface area contributed by atoms with Gasteiger partial charge >= 0.3 is 43.0 Å². The first kappa shape index (κ1) is 31.2. The zero-order valence-electron chi connectivity index (χ0n) is 22.3. The second-order valence-corrected chi connectivity index (χ2v) is 33.0. The van der Waals surface area contributed by atoms with E-state index in [4.69, 9.17) is 34.2 Å². The molecule has 32 heavy (non-hydrogen) atoms. The topological polar surface area (TPSA) is 73.8 Å². The van der Waals surface area contributed by atoms with Crippen LogP contribution >= 0.6 is 0 Å². The molecule has 8 nitrogen and oxygen atoms in total. The number of rotatable bonds is 12. The highest BCUT2D eigenvalue weighted by Crippen LogP contribution is 2.37. The molecule has 0 amide bonds. The molecule has 190 valence electrons. The van der Waals surface area contributed by atoms with E-state index < -0.39 is 51.4 Å². The van der Waals surface area contributed by atoms with Crippen LogP contribution in [0.15, 0.2) is 0 Å². The fourth-order valence-corrected chi connectivity index (χ4v) is 35.3. The molecule has 1 rings (SSSR count). The molecule has 0 aromatic carbocycles. The molecule has 0 saturated carbocycles. The molecule has 0 aromatic rings. The lowest BCUT2D eigenvalue weighted by Crippen LogP contribution is -2.66. The summed E-state index contributed by atoms with van der Waals surface area (Å²) < 4.78 is 50.3. The molecule has 0 N–H and O–H groups in total. The second-order valence-electron chi connectivity index (χ2n) is 10.2. The van der Waals surface area contributed by atoms with Crippen molar-refractivity contribution in [1.82, 2.24) is 0 Å². The van der Waals surface area contributed by atoms with E-state index in [1.54, 1.807) is 21.3 Å². The highest BCUT2D eigenvalue weighted by molar-refractivity contribution is 6.94. The van der Waals surface area contributed by atoms with Gasteiger partial charge in [0.2, 0.25) is 0 Å². The number of hydrogen-bond donors (Lipinski definition) is 0. The lowest BCUT2D eigenvalue weighted by molar-refractivity contribution is 0.124. The van der Waals surface area contributed by atoms with Crippen LogP contribution in [0.25, 0.3) is 0 Å². The van der Waals surface area contributed by atoms with Gasteiger partial charge in [0, 0.05) is 33.6 Å². The zero-order chi connectivity index (χ0) is 24.9. The van der Waals surface area contributed by atoms with Crippen molar-refractivity contribution in [3.8, 4) is 0 Å². The third-order valence-corrected chi connectivity index (χ3v) is 29.4. The minimum Gasteiger partial charge on any atom is -0.421 e. The van der Waals surface area contributed by atoms with Crippen molar-refractivity contribution in [3.05, 3.63) is 0 Å². The SMILES string of the molecule is CO[Si](CC[Si]1(C)O[Si](C)(C)O[Si](C)(CC[Si](C)(C)OC[Si]C)O[Si](C)(C)O1)(OC)OC. The fourth-order valence-electron chi connectivity index (χ4n) is 4.17. The van der Waals surface area contributed by atoms with Gasteiger partial charge in [0.15, 0.2) is 8.32 Å². The molecule has 0 bridgehead atoms. The molecule has 1 aliphatic rings. The Labute approximate surface area is 205 Å². The van der Waals surface area contributed by atoms with Crippen LogP contribution in [0.5, 0.6) is 0 Å². The molecular formula is C17H46O8Si7. The van der Waals surface area contributed by atoms with Crippen molar-refractivity contribution in [2.75, 3.05) is 27.6 Å². The molecule has 2 radical (unpaired) electrons. The molecule has 1 aliphatic heterocycles. The van der Waals surface area contributed by atoms with Crippen LogP contribution in [-0.4, -0.2) is 88.4 Å². The highest BCUT2D eigenvalue weighted by Gasteiger charge is 2.55. The van der Waals surface area contributed by atoms with Crippen LogP contribution in [-0.2, 0) is 34.2 Å². The van der Waals surface area contributed by atoms with Gasteiger partial charge in [0.05, 0.1) is 9.52 Å². The average Bonchev–Trinajstić information content (AvgIpc) is 2.64. The molecule has 1 fully saturated rings. The average molecular weight is 575 g/mol. The Morgan fingerprint density at radius 1 is 0.688 bits per heavy atom. The van der Waals surface area contributed by atoms with E-state index in [0.29, 0.717) is 12.1 Å². The Bertz CT molecular complexity index is 561. The lowest BCUT2D eigenvalue weighted by atomic mass is 10.9. The Hall–Kier alpha value is 1.20. The maximum absolute atomic E-state index is 6.82. The second kappa shape index (κ2) is 12.0. The molecule has 0 aromatic heterocycles. The summed E-state index contributed by atoms with van der Waals surface area (Å²) in [7, 11) is -8.82. The van der Waals surface area contributed by atoms with Crippen LogP contribution < -0.4 is 0 Å². The summed E-state index contributed by atoms with van der Waals surface area (Å²) in [6, 6.07) is 3.27. The summed E-state index contributed by atoms with van der Waals surface area (Å²) in [5.74, 6) is 0. The monoisotopic (exact) mass is 574 g/mol. The van der Waals surface area contributed by atoms with E-state index in [0.717, 1.165) is 27.8 Å². The van der Waals surface area contributed by atoms with Crippen molar-refractivity contribution < 1.29 is 34.2 Å². The van der Waals surface area contributed by atoms with Gasteiger partial charge < -0.3 is 34.2 Å². The maximum atomic E-state index is 6.82. The van der Waals surface area contributed by atoms with Crippen LogP contribution in [0.1, 0.15) is 0 Å². The first-order valence-electron chi connectivity index (χ1n) is 11.2. The quantitative estimate of drug-likeness (QED) is 0.317. The minimum atomic E-state index is -2.72. The van der Waals surface area contributed by atoms with Gasteiger partial charge in [-0.1, -0.05) is 6.55 Å². The Balaban J connectivity index is 3.03.